The first-order valence-electron chi connectivity index (χ1n) is 4.54. The molecule has 14 heavy (non-hydrogen) atoms. The monoisotopic (exact) mass is 211 g/mol. The molecule has 0 radical (unpaired) electrons. The Morgan fingerprint density at radius 2 is 2.21 bits per heavy atom. The summed E-state index contributed by atoms with van der Waals surface area (Å²) in [6.45, 7) is 0.243. The van der Waals surface area contributed by atoms with Crippen molar-refractivity contribution in [2.75, 3.05) is 5.75 Å². The van der Waals surface area contributed by atoms with Crippen LogP contribution in [0, 0.1) is 5.82 Å². The lowest BCUT2D eigenvalue weighted by Crippen LogP contribution is -1.99. The van der Waals surface area contributed by atoms with Gasteiger partial charge in [-0.15, -0.1) is 0 Å². The Bertz CT molecular complexity index is 323. The quantitative estimate of drug-likeness (QED) is 0.736. The van der Waals surface area contributed by atoms with Crippen LogP contribution in [-0.4, -0.2) is 5.75 Å². The smallest absolute Gasteiger partial charge is 0.128 e. The van der Waals surface area contributed by atoms with E-state index in [0.717, 1.165) is 17.7 Å². The Morgan fingerprint density at radius 1 is 1.43 bits per heavy atom. The average Bonchev–Trinajstić information content (AvgIpc) is 2.18. The minimum atomic E-state index is -0.236. The third-order valence-corrected chi connectivity index (χ3v) is 2.16. The van der Waals surface area contributed by atoms with E-state index in [1.54, 1.807) is 6.07 Å². The van der Waals surface area contributed by atoms with E-state index in [-0.39, 0.29) is 12.4 Å². The van der Waals surface area contributed by atoms with Gasteiger partial charge < -0.3 is 5.73 Å². The lowest BCUT2D eigenvalue weighted by molar-refractivity contribution is 0.610. The summed E-state index contributed by atoms with van der Waals surface area (Å²) in [4.78, 5) is 0. The second-order valence-electron chi connectivity index (χ2n) is 2.97. The largest absolute Gasteiger partial charge is 0.326 e. The SMILES string of the molecule is NCc1ccc(C=CCCS)cc1F. The summed E-state index contributed by atoms with van der Waals surface area (Å²) >= 11 is 4.08. The standard InChI is InChI=1S/C11H14FNS/c12-11-7-9(3-1-2-6-14)4-5-10(11)8-13/h1,3-5,7,14H,2,6,8,13H2. The third kappa shape index (κ3) is 3.16. The van der Waals surface area contributed by atoms with E-state index < -0.39 is 0 Å². The summed E-state index contributed by atoms with van der Waals surface area (Å²) in [5, 5.41) is 0. The average molecular weight is 211 g/mol. The van der Waals surface area contributed by atoms with Crippen LogP contribution in [0.15, 0.2) is 24.3 Å². The molecule has 0 saturated heterocycles. The van der Waals surface area contributed by atoms with Crippen molar-refractivity contribution < 1.29 is 4.39 Å². The molecule has 0 aliphatic rings. The van der Waals surface area contributed by atoms with Gasteiger partial charge in [-0.2, -0.15) is 12.6 Å². The molecule has 0 aromatic heterocycles. The number of hydrogen-bond acceptors (Lipinski definition) is 2. The summed E-state index contributed by atoms with van der Waals surface area (Å²) in [5.41, 5.74) is 6.77. The van der Waals surface area contributed by atoms with Crippen molar-refractivity contribution in [1.82, 2.24) is 0 Å². The van der Waals surface area contributed by atoms with Gasteiger partial charge in [0.05, 0.1) is 0 Å². The van der Waals surface area contributed by atoms with Crippen LogP contribution in [0.25, 0.3) is 6.08 Å². The molecule has 3 heteroatoms. The minimum Gasteiger partial charge on any atom is -0.326 e. The molecule has 1 aromatic rings. The zero-order valence-electron chi connectivity index (χ0n) is 7.91. The number of thiol groups is 1. The molecule has 0 amide bonds. The van der Waals surface area contributed by atoms with Gasteiger partial charge in [-0.25, -0.2) is 4.39 Å². The lowest BCUT2D eigenvalue weighted by Gasteiger charge is -2.00. The van der Waals surface area contributed by atoms with Gasteiger partial charge in [-0.05, 0) is 23.8 Å². The van der Waals surface area contributed by atoms with E-state index >= 15 is 0 Å². The van der Waals surface area contributed by atoms with Crippen LogP contribution < -0.4 is 5.73 Å². The summed E-state index contributed by atoms with van der Waals surface area (Å²) < 4.78 is 13.2. The molecule has 0 unspecified atom stereocenters. The molecule has 76 valence electrons. The number of halogens is 1. The highest BCUT2D eigenvalue weighted by Gasteiger charge is 1.99. The van der Waals surface area contributed by atoms with Crippen LogP contribution in [-0.2, 0) is 6.54 Å². The van der Waals surface area contributed by atoms with Crippen LogP contribution in [0.1, 0.15) is 17.5 Å². The second-order valence-corrected chi connectivity index (χ2v) is 3.42. The van der Waals surface area contributed by atoms with E-state index in [0.29, 0.717) is 5.56 Å². The van der Waals surface area contributed by atoms with Crippen molar-refractivity contribution in [3.63, 3.8) is 0 Å². The number of allylic oxidation sites excluding steroid dienone is 1. The predicted molar refractivity (Wildman–Crippen MR) is 61.8 cm³/mol. The van der Waals surface area contributed by atoms with Gasteiger partial charge in [0.25, 0.3) is 0 Å². The van der Waals surface area contributed by atoms with Crippen LogP contribution in [0.5, 0.6) is 0 Å². The van der Waals surface area contributed by atoms with E-state index in [4.69, 9.17) is 5.73 Å². The van der Waals surface area contributed by atoms with Crippen molar-refractivity contribution in [3.8, 4) is 0 Å². The molecule has 2 N–H and O–H groups in total. The second kappa shape index (κ2) is 5.83. The zero-order valence-corrected chi connectivity index (χ0v) is 8.81. The number of rotatable bonds is 4. The Hall–Kier alpha value is -0.800. The molecule has 0 bridgehead atoms. The van der Waals surface area contributed by atoms with Gasteiger partial charge >= 0.3 is 0 Å². The van der Waals surface area contributed by atoms with Gasteiger partial charge in [0.15, 0.2) is 0 Å². The molecular weight excluding hydrogens is 197 g/mol. The molecule has 1 nitrogen and oxygen atoms in total. The molecule has 1 aromatic carbocycles. The maximum absolute atomic E-state index is 13.2. The van der Waals surface area contributed by atoms with Crippen LogP contribution >= 0.6 is 12.6 Å². The van der Waals surface area contributed by atoms with Crippen molar-refractivity contribution in [2.45, 2.75) is 13.0 Å². The van der Waals surface area contributed by atoms with Crippen molar-refractivity contribution >= 4 is 18.7 Å². The van der Waals surface area contributed by atoms with Crippen molar-refractivity contribution in [3.05, 3.63) is 41.2 Å². The van der Waals surface area contributed by atoms with Gasteiger partial charge in [0, 0.05) is 12.1 Å². The molecule has 0 heterocycles. The third-order valence-electron chi connectivity index (χ3n) is 1.90. The first-order valence-corrected chi connectivity index (χ1v) is 5.17. The predicted octanol–water partition coefficient (Wildman–Crippen LogP) is 2.62. The first kappa shape index (κ1) is 11.3. The minimum absolute atomic E-state index is 0.236. The molecule has 0 atom stereocenters. The van der Waals surface area contributed by atoms with Gasteiger partial charge in [0.1, 0.15) is 5.82 Å². The highest BCUT2D eigenvalue weighted by atomic mass is 32.1. The van der Waals surface area contributed by atoms with Crippen molar-refractivity contribution in [2.24, 2.45) is 5.73 Å². The maximum atomic E-state index is 13.2. The fourth-order valence-electron chi connectivity index (χ4n) is 1.13. The van der Waals surface area contributed by atoms with E-state index in [1.807, 2.05) is 18.2 Å². The molecule has 0 saturated carbocycles. The molecular formula is C11H14FNS. The zero-order chi connectivity index (χ0) is 10.4. The molecule has 0 aliphatic carbocycles. The van der Waals surface area contributed by atoms with Gasteiger partial charge in [-0.3, -0.25) is 0 Å². The van der Waals surface area contributed by atoms with Crippen LogP contribution in [0.3, 0.4) is 0 Å². The number of benzene rings is 1. The number of nitrogens with two attached hydrogens (primary N) is 1. The summed E-state index contributed by atoms with van der Waals surface area (Å²) in [6.07, 6.45) is 4.76. The Kier molecular flexibility index (Phi) is 4.70. The summed E-state index contributed by atoms with van der Waals surface area (Å²) in [5.74, 6) is 0.570. The normalized spacial score (nSPS) is 11.1. The van der Waals surface area contributed by atoms with Gasteiger partial charge in [0.2, 0.25) is 0 Å². The highest BCUT2D eigenvalue weighted by Crippen LogP contribution is 2.11. The van der Waals surface area contributed by atoms with Crippen molar-refractivity contribution in [1.29, 1.82) is 0 Å². The summed E-state index contributed by atoms with van der Waals surface area (Å²) in [7, 11) is 0. The Morgan fingerprint density at radius 3 is 2.79 bits per heavy atom. The summed E-state index contributed by atoms with van der Waals surface area (Å²) in [6, 6.07) is 5.08. The van der Waals surface area contributed by atoms with Crippen LogP contribution in [0.4, 0.5) is 4.39 Å². The maximum Gasteiger partial charge on any atom is 0.128 e. The van der Waals surface area contributed by atoms with E-state index in [9.17, 15) is 4.39 Å². The molecule has 0 spiro atoms. The van der Waals surface area contributed by atoms with Gasteiger partial charge in [-0.1, -0.05) is 24.3 Å². The fraction of sp³-hybridized carbons (Fsp3) is 0.273. The van der Waals surface area contributed by atoms with Crippen LogP contribution in [0.2, 0.25) is 0 Å². The van der Waals surface area contributed by atoms with E-state index in [1.165, 1.54) is 6.07 Å². The Labute approximate surface area is 89.2 Å². The number of hydrogen-bond donors (Lipinski definition) is 2. The first-order chi connectivity index (χ1) is 6.77. The molecule has 1 rings (SSSR count). The van der Waals surface area contributed by atoms with E-state index in [2.05, 4.69) is 12.6 Å². The fourth-order valence-corrected chi connectivity index (χ4v) is 1.28. The molecule has 0 aliphatic heterocycles. The topological polar surface area (TPSA) is 26.0 Å². The lowest BCUT2D eigenvalue weighted by atomic mass is 10.1. The Balaban J connectivity index is 2.76. The highest BCUT2D eigenvalue weighted by molar-refractivity contribution is 7.80. The molecule has 0 fully saturated rings.